The molecule has 0 amide bonds. The van der Waals surface area contributed by atoms with Crippen molar-refractivity contribution in [2.24, 2.45) is 0 Å². The predicted molar refractivity (Wildman–Crippen MR) is 125 cm³/mol. The second kappa shape index (κ2) is 14.3. The Morgan fingerprint density at radius 1 is 0.645 bits per heavy atom. The van der Waals surface area contributed by atoms with Crippen LogP contribution in [0.25, 0.3) is 11.1 Å². The van der Waals surface area contributed by atoms with Gasteiger partial charge in [-0.1, -0.05) is 58.3 Å². The Morgan fingerprint density at radius 3 is 1.45 bits per heavy atom. The van der Waals surface area contributed by atoms with Crippen LogP contribution in [0.3, 0.4) is 0 Å². The molecule has 0 saturated heterocycles. The van der Waals surface area contributed by atoms with Crippen LogP contribution in [0.4, 0.5) is 0 Å². The number of rotatable bonds is 16. The lowest BCUT2D eigenvalue weighted by molar-refractivity contribution is -0.697. The summed E-state index contributed by atoms with van der Waals surface area (Å²) in [7, 11) is -3.88. The van der Waals surface area contributed by atoms with Gasteiger partial charge < -0.3 is 0 Å². The van der Waals surface area contributed by atoms with Crippen molar-refractivity contribution in [2.75, 3.05) is 5.75 Å². The first-order chi connectivity index (χ1) is 15.0. The molecule has 6 heteroatoms. The number of nitrogens with zero attached hydrogens (tertiary/aromatic N) is 2. The number of aryl methyl sites for hydroxylation is 2. The quantitative estimate of drug-likeness (QED) is 0.220. The lowest BCUT2D eigenvalue weighted by atomic mass is 10.1. The summed E-state index contributed by atoms with van der Waals surface area (Å²) in [6, 6.07) is 8.37. The topological polar surface area (TPSA) is 62.1 Å². The molecule has 31 heavy (non-hydrogen) atoms. The van der Waals surface area contributed by atoms with Gasteiger partial charge in [0.2, 0.25) is 0 Å². The summed E-state index contributed by atoms with van der Waals surface area (Å²) >= 11 is 0. The molecule has 0 atom stereocenters. The van der Waals surface area contributed by atoms with Gasteiger partial charge in [0.1, 0.15) is 13.1 Å². The summed E-state index contributed by atoms with van der Waals surface area (Å²) in [6.07, 6.45) is 22.2. The van der Waals surface area contributed by atoms with E-state index >= 15 is 0 Å². The highest BCUT2D eigenvalue weighted by molar-refractivity contribution is 7.85. The maximum atomic E-state index is 10.8. The minimum atomic E-state index is -3.88. The molecular formula is C25H40N2O3S+2. The highest BCUT2D eigenvalue weighted by atomic mass is 32.2. The molecule has 1 N–H and O–H groups in total. The van der Waals surface area contributed by atoms with Crippen LogP contribution in [0.5, 0.6) is 0 Å². The first kappa shape index (κ1) is 25.5. The highest BCUT2D eigenvalue weighted by Crippen LogP contribution is 2.16. The van der Waals surface area contributed by atoms with Crippen molar-refractivity contribution in [2.45, 2.75) is 90.6 Å². The Labute approximate surface area is 188 Å². The zero-order valence-corrected chi connectivity index (χ0v) is 19.9. The van der Waals surface area contributed by atoms with Crippen molar-refractivity contribution >= 4 is 10.1 Å². The van der Waals surface area contributed by atoms with Gasteiger partial charge in [-0.25, -0.2) is 9.13 Å². The molecule has 0 radical (unpaired) electrons. The summed E-state index contributed by atoms with van der Waals surface area (Å²) in [6.45, 7) is 3.90. The standard InChI is InChI=1S/C25H39N2O3S/c1-2-3-4-5-6-7-8-9-10-11-17-26-19-13-24(14-20-26)25-15-21-27(22-16-25)18-12-23-31(28,29)30/h13-16,19-22H,2-12,17-18,23H2,1H3/q+1/p+1. The minimum Gasteiger partial charge on any atom is -0.286 e. The molecule has 0 aromatic carbocycles. The van der Waals surface area contributed by atoms with Crippen molar-refractivity contribution in [1.29, 1.82) is 0 Å². The number of hydrogen-bond donors (Lipinski definition) is 1. The van der Waals surface area contributed by atoms with Crippen molar-refractivity contribution in [1.82, 2.24) is 0 Å². The van der Waals surface area contributed by atoms with E-state index < -0.39 is 10.1 Å². The third-order valence-corrected chi connectivity index (χ3v) is 6.51. The second-order valence-corrected chi connectivity index (χ2v) is 10.0. The number of aromatic nitrogens is 2. The van der Waals surface area contributed by atoms with E-state index in [2.05, 4.69) is 36.0 Å². The Bertz CT molecular complexity index is 834. The third-order valence-electron chi connectivity index (χ3n) is 5.70. The molecule has 5 nitrogen and oxygen atoms in total. The average Bonchev–Trinajstić information content (AvgIpc) is 2.75. The molecule has 172 valence electrons. The zero-order valence-electron chi connectivity index (χ0n) is 19.1. The smallest absolute Gasteiger partial charge is 0.265 e. The molecule has 0 aliphatic heterocycles. The lowest BCUT2D eigenvalue weighted by Gasteiger charge is -2.03. The number of unbranched alkanes of at least 4 members (excludes halogenated alkanes) is 9. The maximum absolute atomic E-state index is 10.8. The van der Waals surface area contributed by atoms with E-state index in [9.17, 15) is 8.42 Å². The van der Waals surface area contributed by atoms with Crippen LogP contribution in [-0.4, -0.2) is 18.7 Å². The third kappa shape index (κ3) is 11.4. The van der Waals surface area contributed by atoms with Gasteiger partial charge >= 0.3 is 0 Å². The van der Waals surface area contributed by atoms with Crippen LogP contribution in [0.2, 0.25) is 0 Å². The van der Waals surface area contributed by atoms with Gasteiger partial charge in [-0.2, -0.15) is 8.42 Å². The fourth-order valence-electron chi connectivity index (χ4n) is 3.81. The Morgan fingerprint density at radius 2 is 1.03 bits per heavy atom. The molecule has 0 fully saturated rings. The van der Waals surface area contributed by atoms with E-state index in [1.54, 1.807) is 0 Å². The molecule has 2 heterocycles. The normalized spacial score (nSPS) is 11.7. The fourth-order valence-corrected chi connectivity index (χ4v) is 4.30. The predicted octanol–water partition coefficient (Wildman–Crippen LogP) is 5.13. The molecule has 0 aliphatic rings. The molecule has 0 saturated carbocycles. The highest BCUT2D eigenvalue weighted by Gasteiger charge is 2.09. The molecular weight excluding hydrogens is 408 g/mol. The van der Waals surface area contributed by atoms with Crippen LogP contribution >= 0.6 is 0 Å². The van der Waals surface area contributed by atoms with Crippen LogP contribution in [0.15, 0.2) is 49.1 Å². The van der Waals surface area contributed by atoms with Crippen molar-refractivity contribution < 1.29 is 22.1 Å². The van der Waals surface area contributed by atoms with E-state index in [4.69, 9.17) is 4.55 Å². The Kier molecular flexibility index (Phi) is 11.8. The van der Waals surface area contributed by atoms with E-state index in [1.807, 2.05) is 29.1 Å². The monoisotopic (exact) mass is 448 g/mol. The minimum absolute atomic E-state index is 0.209. The summed E-state index contributed by atoms with van der Waals surface area (Å²) < 4.78 is 34.6. The lowest BCUT2D eigenvalue weighted by Crippen LogP contribution is -2.33. The van der Waals surface area contributed by atoms with Gasteiger partial charge in [0, 0.05) is 37.1 Å². The summed E-state index contributed by atoms with van der Waals surface area (Å²) in [4.78, 5) is 0. The largest absolute Gasteiger partial charge is 0.286 e. The van der Waals surface area contributed by atoms with Gasteiger partial charge in [-0.3, -0.25) is 4.55 Å². The number of hydrogen-bond acceptors (Lipinski definition) is 2. The summed E-state index contributed by atoms with van der Waals surface area (Å²) in [5.41, 5.74) is 2.31. The van der Waals surface area contributed by atoms with E-state index in [0.717, 1.165) is 12.1 Å². The summed E-state index contributed by atoms with van der Waals surface area (Å²) in [5, 5.41) is 0. The average molecular weight is 449 g/mol. The Balaban J connectivity index is 1.65. The van der Waals surface area contributed by atoms with Gasteiger partial charge in [0.25, 0.3) is 10.1 Å². The second-order valence-electron chi connectivity index (χ2n) is 8.47. The number of pyridine rings is 2. The molecule has 2 aromatic heterocycles. The molecule has 0 spiro atoms. The molecule has 2 rings (SSSR count). The van der Waals surface area contributed by atoms with E-state index in [1.165, 1.54) is 69.8 Å². The van der Waals surface area contributed by atoms with Crippen molar-refractivity contribution in [3.05, 3.63) is 49.1 Å². The maximum Gasteiger partial charge on any atom is 0.265 e. The molecule has 2 aromatic rings. The molecule has 0 bridgehead atoms. The fraction of sp³-hybridized carbons (Fsp3) is 0.600. The zero-order chi connectivity index (χ0) is 22.4. The van der Waals surface area contributed by atoms with Gasteiger partial charge in [-0.05, 0) is 17.5 Å². The SMILES string of the molecule is CCCCCCCCCCCC[n+]1ccc(-c2cc[n+](CCCS(=O)(=O)O)cc2)cc1. The van der Waals surface area contributed by atoms with Crippen LogP contribution in [0, 0.1) is 0 Å². The molecule has 0 unspecified atom stereocenters. The van der Waals surface area contributed by atoms with Gasteiger partial charge in [0.05, 0.1) is 5.75 Å². The van der Waals surface area contributed by atoms with E-state index in [0.29, 0.717) is 13.0 Å². The first-order valence-corrected chi connectivity index (χ1v) is 13.5. The van der Waals surface area contributed by atoms with Gasteiger partial charge in [-0.15, -0.1) is 0 Å². The first-order valence-electron chi connectivity index (χ1n) is 11.9. The summed E-state index contributed by atoms with van der Waals surface area (Å²) in [5.74, 6) is -0.209. The van der Waals surface area contributed by atoms with Gasteiger partial charge in [0.15, 0.2) is 24.8 Å². The van der Waals surface area contributed by atoms with Crippen LogP contribution < -0.4 is 9.13 Å². The Hall–Kier alpha value is -1.79. The molecule has 0 aliphatic carbocycles. The van der Waals surface area contributed by atoms with Crippen molar-refractivity contribution in [3.63, 3.8) is 0 Å². The van der Waals surface area contributed by atoms with Crippen LogP contribution in [-0.2, 0) is 23.2 Å². The van der Waals surface area contributed by atoms with E-state index in [-0.39, 0.29) is 5.75 Å². The van der Waals surface area contributed by atoms with Crippen molar-refractivity contribution in [3.8, 4) is 11.1 Å². The van der Waals surface area contributed by atoms with Crippen LogP contribution in [0.1, 0.15) is 77.6 Å².